The van der Waals surface area contributed by atoms with E-state index in [1.807, 2.05) is 0 Å². The lowest BCUT2D eigenvalue weighted by Gasteiger charge is -2.04. The van der Waals surface area contributed by atoms with E-state index >= 15 is 0 Å². The van der Waals surface area contributed by atoms with Gasteiger partial charge in [0.15, 0.2) is 11.6 Å². The molecule has 0 saturated carbocycles. The molecule has 2 aliphatic rings. The van der Waals surface area contributed by atoms with Crippen molar-refractivity contribution in [1.82, 2.24) is 9.97 Å². The van der Waals surface area contributed by atoms with Crippen LogP contribution in [-0.4, -0.2) is 21.0 Å². The van der Waals surface area contributed by atoms with Crippen LogP contribution in [0.4, 0.5) is 8.78 Å². The van der Waals surface area contributed by atoms with Crippen LogP contribution in [0.5, 0.6) is 0 Å². The Bertz CT molecular complexity index is 1160. The zero-order valence-electron chi connectivity index (χ0n) is 15.1. The smallest absolute Gasteiger partial charge is 0.372 e. The van der Waals surface area contributed by atoms with Gasteiger partial charge in [-0.2, -0.15) is 0 Å². The van der Waals surface area contributed by atoms with Crippen molar-refractivity contribution in [3.63, 3.8) is 0 Å². The molecule has 0 saturated heterocycles. The summed E-state index contributed by atoms with van der Waals surface area (Å²) < 4.78 is 25.4. The van der Waals surface area contributed by atoms with Crippen molar-refractivity contribution in [1.29, 1.82) is 0 Å². The number of carbonyl (C=O) groups is 1. The molecule has 1 aromatic carbocycles. The van der Waals surface area contributed by atoms with Crippen molar-refractivity contribution in [2.75, 3.05) is 0 Å². The number of aromatic carboxylic acids is 1. The van der Waals surface area contributed by atoms with Gasteiger partial charge in [0.05, 0.1) is 5.39 Å². The average Bonchev–Trinajstić information content (AvgIpc) is 3.31. The first-order chi connectivity index (χ1) is 13.3. The van der Waals surface area contributed by atoms with E-state index in [9.17, 15) is 18.4 Å². The Hall–Kier alpha value is -2.36. The number of hydrogen-bond acceptors (Lipinski definition) is 5. The van der Waals surface area contributed by atoms with Gasteiger partial charge in [-0.1, -0.05) is 0 Å². The fraction of sp³-hybridized carbons (Fsp3) is 0.316. The highest BCUT2D eigenvalue weighted by Gasteiger charge is 2.22. The Morgan fingerprint density at radius 1 is 1.24 bits per heavy atom. The van der Waals surface area contributed by atoms with Gasteiger partial charge in [-0.05, 0) is 60.9 Å². The van der Waals surface area contributed by atoms with Gasteiger partial charge in [0, 0.05) is 10.9 Å². The Morgan fingerprint density at radius 2 is 1.97 bits per heavy atom. The van der Waals surface area contributed by atoms with Gasteiger partial charge in [-0.15, -0.1) is 23.7 Å². The highest BCUT2D eigenvalue weighted by Crippen LogP contribution is 2.34. The predicted octanol–water partition coefficient (Wildman–Crippen LogP) is 3.50. The van der Waals surface area contributed by atoms with Crippen LogP contribution in [0.25, 0.3) is 10.2 Å². The number of benzene rings is 1. The molecule has 2 heterocycles. The van der Waals surface area contributed by atoms with Crippen LogP contribution < -0.4 is 11.3 Å². The zero-order chi connectivity index (χ0) is 20.0. The number of carboxylic acids is 1. The standard InChI is InChI=1S/C10H8N2O3S.C9H9F2N.ClH/c13-8-6-4-2-1-3-5(4)16-9(6)12-7(11-8)10(14)15;10-7-3-5-1-2-9(12)6(5)4-8(7)11;/h1-3H2,(H,14,15)(H,11,12,13);3-4,9H,1-2,12H2;1H/t;9-;/m.0./s1. The molecule has 154 valence electrons. The second-order valence-electron chi connectivity index (χ2n) is 6.87. The molecular formula is C19H18ClF2N3O3S. The predicted molar refractivity (Wildman–Crippen MR) is 108 cm³/mol. The van der Waals surface area contributed by atoms with E-state index in [4.69, 9.17) is 10.8 Å². The van der Waals surface area contributed by atoms with Crippen molar-refractivity contribution >= 4 is 39.9 Å². The minimum absolute atomic E-state index is 0. The Labute approximate surface area is 174 Å². The Kier molecular flexibility index (Phi) is 6.02. The number of aryl methyl sites for hydroxylation is 3. The summed E-state index contributed by atoms with van der Waals surface area (Å²) in [7, 11) is 0. The van der Waals surface area contributed by atoms with Gasteiger partial charge in [-0.25, -0.2) is 18.6 Å². The molecular weight excluding hydrogens is 424 g/mol. The number of thiophene rings is 1. The minimum Gasteiger partial charge on any atom is -0.475 e. The summed E-state index contributed by atoms with van der Waals surface area (Å²) in [6.45, 7) is 0. The molecule has 29 heavy (non-hydrogen) atoms. The van der Waals surface area contributed by atoms with Crippen LogP contribution in [-0.2, 0) is 19.3 Å². The first-order valence-electron chi connectivity index (χ1n) is 8.86. The van der Waals surface area contributed by atoms with Crippen LogP contribution in [0.15, 0.2) is 16.9 Å². The number of nitrogens with zero attached hydrogens (tertiary/aromatic N) is 1. The lowest BCUT2D eigenvalue weighted by Crippen LogP contribution is -2.15. The summed E-state index contributed by atoms with van der Waals surface area (Å²) in [4.78, 5) is 30.5. The van der Waals surface area contributed by atoms with E-state index in [0.29, 0.717) is 10.2 Å². The molecule has 5 rings (SSSR count). The maximum Gasteiger partial charge on any atom is 0.372 e. The molecule has 0 unspecified atom stereocenters. The molecule has 4 N–H and O–H groups in total. The molecule has 10 heteroatoms. The van der Waals surface area contributed by atoms with Crippen LogP contribution in [0, 0.1) is 11.6 Å². The number of fused-ring (bicyclic) bond motifs is 4. The second kappa shape index (κ2) is 8.17. The highest BCUT2D eigenvalue weighted by molar-refractivity contribution is 7.18. The molecule has 2 aliphatic carbocycles. The molecule has 0 bridgehead atoms. The average molecular weight is 442 g/mol. The third kappa shape index (κ3) is 3.90. The number of aromatic amines is 1. The van der Waals surface area contributed by atoms with Crippen molar-refractivity contribution in [2.24, 2.45) is 5.73 Å². The number of hydrogen-bond donors (Lipinski definition) is 3. The molecule has 2 aromatic heterocycles. The van der Waals surface area contributed by atoms with Crippen molar-refractivity contribution in [3.8, 4) is 0 Å². The first-order valence-corrected chi connectivity index (χ1v) is 9.68. The molecule has 0 radical (unpaired) electrons. The SMILES string of the molecule is Cl.N[C@H]1CCc2cc(F)c(F)cc21.O=C(O)c1nc2sc3c(c2c(=O)[nH]1)CCC3. The van der Waals surface area contributed by atoms with Gasteiger partial charge >= 0.3 is 5.97 Å². The van der Waals surface area contributed by atoms with E-state index < -0.39 is 17.6 Å². The molecule has 0 spiro atoms. The fourth-order valence-corrected chi connectivity index (χ4v) is 5.00. The lowest BCUT2D eigenvalue weighted by molar-refractivity contribution is 0.0683. The Balaban J connectivity index is 0.000000167. The normalized spacial score (nSPS) is 16.6. The van der Waals surface area contributed by atoms with Gasteiger partial charge in [0.1, 0.15) is 4.83 Å². The minimum atomic E-state index is -1.20. The summed E-state index contributed by atoms with van der Waals surface area (Å²) in [5, 5.41) is 9.37. The fourth-order valence-electron chi connectivity index (χ4n) is 3.74. The van der Waals surface area contributed by atoms with E-state index in [-0.39, 0.29) is 29.8 Å². The number of halogens is 3. The molecule has 0 aliphatic heterocycles. The Morgan fingerprint density at radius 3 is 2.69 bits per heavy atom. The summed E-state index contributed by atoms with van der Waals surface area (Å²) >= 11 is 1.44. The molecule has 6 nitrogen and oxygen atoms in total. The van der Waals surface area contributed by atoms with Gasteiger partial charge in [0.25, 0.3) is 5.56 Å². The zero-order valence-corrected chi connectivity index (χ0v) is 16.8. The van der Waals surface area contributed by atoms with Crippen molar-refractivity contribution < 1.29 is 18.7 Å². The second-order valence-corrected chi connectivity index (χ2v) is 7.95. The first kappa shape index (κ1) is 21.4. The largest absolute Gasteiger partial charge is 0.475 e. The number of rotatable bonds is 1. The quantitative estimate of drug-likeness (QED) is 0.535. The van der Waals surface area contributed by atoms with Gasteiger partial charge in [0.2, 0.25) is 5.82 Å². The van der Waals surface area contributed by atoms with Gasteiger partial charge < -0.3 is 15.8 Å². The summed E-state index contributed by atoms with van der Waals surface area (Å²) in [6, 6.07) is 2.34. The number of H-pyrrole nitrogens is 1. The molecule has 1 atom stereocenters. The molecule has 3 aromatic rings. The lowest BCUT2D eigenvalue weighted by atomic mass is 10.1. The molecule has 0 amide bonds. The van der Waals surface area contributed by atoms with E-state index in [1.165, 1.54) is 28.3 Å². The third-order valence-electron chi connectivity index (χ3n) is 5.08. The van der Waals surface area contributed by atoms with E-state index in [0.717, 1.165) is 48.8 Å². The number of carboxylic acid groups (broad SMARTS) is 1. The summed E-state index contributed by atoms with van der Waals surface area (Å²) in [6.07, 6.45) is 4.48. The van der Waals surface area contributed by atoms with Gasteiger partial charge in [-0.3, -0.25) is 4.79 Å². The number of nitrogens with two attached hydrogens (primary N) is 1. The monoisotopic (exact) mass is 441 g/mol. The summed E-state index contributed by atoms with van der Waals surface area (Å²) in [5.74, 6) is -3.06. The maximum atomic E-state index is 12.7. The van der Waals surface area contributed by atoms with E-state index in [2.05, 4.69) is 9.97 Å². The molecule has 0 fully saturated rings. The maximum absolute atomic E-state index is 12.7. The van der Waals surface area contributed by atoms with Crippen molar-refractivity contribution in [2.45, 2.75) is 38.1 Å². The van der Waals surface area contributed by atoms with Crippen molar-refractivity contribution in [3.05, 3.63) is 61.5 Å². The van der Waals surface area contributed by atoms with Crippen LogP contribution in [0.3, 0.4) is 0 Å². The number of aromatic nitrogens is 2. The van der Waals surface area contributed by atoms with Crippen LogP contribution in [0.1, 0.15) is 51.1 Å². The van der Waals surface area contributed by atoms with E-state index in [1.54, 1.807) is 0 Å². The topological polar surface area (TPSA) is 109 Å². The van der Waals surface area contributed by atoms with Crippen LogP contribution >= 0.6 is 23.7 Å². The number of nitrogens with one attached hydrogen (secondary N) is 1. The van der Waals surface area contributed by atoms with Crippen LogP contribution in [0.2, 0.25) is 0 Å². The summed E-state index contributed by atoms with van der Waals surface area (Å²) in [5.41, 5.74) is 8.01. The third-order valence-corrected chi connectivity index (χ3v) is 6.27. The highest BCUT2D eigenvalue weighted by atomic mass is 35.5.